The minimum atomic E-state index is -0.270. The first kappa shape index (κ1) is 18.7. The van der Waals surface area contributed by atoms with Crippen LogP contribution in [0.4, 0.5) is 5.69 Å². The number of nitrogens with one attached hydrogen (secondary N) is 2. The van der Waals surface area contributed by atoms with Gasteiger partial charge in [0.05, 0.1) is 16.3 Å². The summed E-state index contributed by atoms with van der Waals surface area (Å²) >= 11 is 5.38. The lowest BCUT2D eigenvalue weighted by Crippen LogP contribution is -2.25. The van der Waals surface area contributed by atoms with Gasteiger partial charge in [-0.25, -0.2) is 5.43 Å². The summed E-state index contributed by atoms with van der Waals surface area (Å²) in [5.41, 5.74) is 6.21. The van der Waals surface area contributed by atoms with Crippen molar-refractivity contribution in [3.05, 3.63) is 55.1 Å². The number of hydrogen-bond donors (Lipinski definition) is 3. The third-order valence-corrected chi connectivity index (χ3v) is 4.69. The van der Waals surface area contributed by atoms with Gasteiger partial charge in [0.15, 0.2) is 0 Å². The van der Waals surface area contributed by atoms with Crippen molar-refractivity contribution < 1.29 is 9.90 Å². The molecule has 0 aliphatic rings. The van der Waals surface area contributed by atoms with Gasteiger partial charge in [0, 0.05) is 15.7 Å². The topological polar surface area (TPSA) is 73.7 Å². The summed E-state index contributed by atoms with van der Waals surface area (Å²) in [5.74, 6) is -0.140. The first-order valence-corrected chi connectivity index (χ1v) is 9.05. The number of hydrogen-bond acceptors (Lipinski definition) is 4. The smallest absolute Gasteiger partial charge is 0.259 e. The zero-order valence-corrected chi connectivity index (χ0v) is 17.0. The molecule has 0 spiro atoms. The molecule has 2 aromatic carbocycles. The van der Waals surface area contributed by atoms with Crippen molar-refractivity contribution in [1.29, 1.82) is 0 Å². The molecule has 0 aliphatic heterocycles. The maximum Gasteiger partial charge on any atom is 0.259 e. The van der Waals surface area contributed by atoms with E-state index in [4.69, 9.17) is 0 Å². The van der Waals surface area contributed by atoms with E-state index < -0.39 is 0 Å². The molecule has 126 valence electrons. The molecule has 0 fully saturated rings. The van der Waals surface area contributed by atoms with Gasteiger partial charge in [-0.05, 0) is 71.8 Å². The second-order valence-electron chi connectivity index (χ2n) is 5.27. The van der Waals surface area contributed by atoms with Crippen LogP contribution in [0.1, 0.15) is 16.7 Å². The first-order valence-electron chi connectivity index (χ1n) is 7.18. The van der Waals surface area contributed by atoms with Crippen molar-refractivity contribution >= 4 is 56.3 Å². The van der Waals surface area contributed by atoms with Crippen LogP contribution in [0, 0.1) is 17.4 Å². The van der Waals surface area contributed by atoms with E-state index in [1.54, 1.807) is 12.1 Å². The molecular weight excluding hydrogens is 485 g/mol. The average Bonchev–Trinajstić information content (AvgIpc) is 2.53. The number of carbonyl (C=O) groups excluding carboxylic acids is 1. The lowest BCUT2D eigenvalue weighted by molar-refractivity contribution is -0.119. The molecule has 0 aromatic heterocycles. The Morgan fingerprint density at radius 3 is 2.75 bits per heavy atom. The van der Waals surface area contributed by atoms with Gasteiger partial charge in [0.25, 0.3) is 5.91 Å². The van der Waals surface area contributed by atoms with E-state index in [1.807, 2.05) is 54.6 Å². The van der Waals surface area contributed by atoms with Crippen LogP contribution in [-0.2, 0) is 4.79 Å². The van der Waals surface area contributed by atoms with Crippen LogP contribution in [0.15, 0.2) is 39.9 Å². The van der Waals surface area contributed by atoms with Gasteiger partial charge in [-0.3, -0.25) is 4.79 Å². The van der Waals surface area contributed by atoms with Crippen LogP contribution in [0.3, 0.4) is 0 Å². The van der Waals surface area contributed by atoms with Gasteiger partial charge >= 0.3 is 0 Å². The highest BCUT2D eigenvalue weighted by atomic mass is 127. The Balaban J connectivity index is 1.90. The zero-order chi connectivity index (χ0) is 17.7. The number of amides is 1. The summed E-state index contributed by atoms with van der Waals surface area (Å²) in [6.45, 7) is 4.18. The Morgan fingerprint density at radius 2 is 2.04 bits per heavy atom. The molecule has 0 aliphatic carbocycles. The number of carbonyl (C=O) groups is 1. The molecule has 24 heavy (non-hydrogen) atoms. The molecule has 3 N–H and O–H groups in total. The Labute approximate surface area is 162 Å². The van der Waals surface area contributed by atoms with Gasteiger partial charge in [0.1, 0.15) is 5.75 Å². The maximum atomic E-state index is 11.8. The van der Waals surface area contributed by atoms with Gasteiger partial charge in [-0.2, -0.15) is 5.10 Å². The summed E-state index contributed by atoms with van der Waals surface area (Å²) in [5, 5.41) is 16.9. The zero-order valence-electron chi connectivity index (χ0n) is 13.2. The molecule has 5 nitrogen and oxygen atoms in total. The molecule has 0 heterocycles. The van der Waals surface area contributed by atoms with Crippen LogP contribution in [0.2, 0.25) is 0 Å². The number of halogens is 2. The molecule has 0 atom stereocenters. The van der Waals surface area contributed by atoms with Crippen molar-refractivity contribution in [3.8, 4) is 5.75 Å². The van der Waals surface area contributed by atoms with Crippen molar-refractivity contribution in [3.63, 3.8) is 0 Å². The highest BCUT2D eigenvalue weighted by molar-refractivity contribution is 14.1. The third-order valence-electron chi connectivity index (χ3n) is 3.41. The third kappa shape index (κ3) is 5.20. The number of anilines is 1. The second-order valence-corrected chi connectivity index (χ2v) is 7.35. The Kier molecular flexibility index (Phi) is 6.61. The first-order chi connectivity index (χ1) is 11.4. The largest absolute Gasteiger partial charge is 0.506 e. The molecule has 0 radical (unpaired) electrons. The van der Waals surface area contributed by atoms with Crippen LogP contribution < -0.4 is 10.7 Å². The number of phenols is 1. The monoisotopic (exact) mass is 501 g/mol. The highest BCUT2D eigenvalue weighted by Crippen LogP contribution is 2.27. The Hall–Kier alpha value is -1.61. The molecule has 1 amide bonds. The summed E-state index contributed by atoms with van der Waals surface area (Å²) in [4.78, 5) is 11.8. The fraction of sp³-hybridized carbons (Fsp3) is 0.176. The number of phenolic OH excluding ortho intramolecular Hbond substituents is 1. The minimum Gasteiger partial charge on any atom is -0.506 e. The molecule has 2 rings (SSSR count). The van der Waals surface area contributed by atoms with Crippen molar-refractivity contribution in [2.45, 2.75) is 13.8 Å². The molecule has 7 heteroatoms. The lowest BCUT2D eigenvalue weighted by Gasteiger charge is -2.08. The molecular formula is C17H17BrIN3O2. The number of aromatic hydroxyl groups is 1. The van der Waals surface area contributed by atoms with Gasteiger partial charge in [-0.15, -0.1) is 0 Å². The van der Waals surface area contributed by atoms with Crippen LogP contribution in [0.5, 0.6) is 5.75 Å². The normalized spacial score (nSPS) is 10.8. The summed E-state index contributed by atoms with van der Waals surface area (Å²) in [7, 11) is 0. The van der Waals surface area contributed by atoms with Crippen LogP contribution in [0.25, 0.3) is 0 Å². The van der Waals surface area contributed by atoms with E-state index in [-0.39, 0.29) is 18.2 Å². The standard InChI is InChI=1S/C17H17BrIN3O2/c1-10-3-4-14(5-11(10)2)20-9-16(23)22-21-8-12-6-13(18)7-15(19)17(12)24/h3-8,20,24H,9H2,1-2H3,(H,22,23)/b21-8-. The van der Waals surface area contributed by atoms with E-state index in [1.165, 1.54) is 11.8 Å². The predicted molar refractivity (Wildman–Crippen MR) is 109 cm³/mol. The molecule has 0 saturated heterocycles. The van der Waals surface area contributed by atoms with Gasteiger partial charge in [0.2, 0.25) is 0 Å². The molecule has 0 saturated carbocycles. The quantitative estimate of drug-likeness (QED) is 0.330. The van der Waals surface area contributed by atoms with Crippen molar-refractivity contribution in [2.75, 3.05) is 11.9 Å². The summed E-state index contributed by atoms with van der Waals surface area (Å²) in [6, 6.07) is 9.44. The fourth-order valence-corrected chi connectivity index (χ4v) is 3.48. The molecule has 2 aromatic rings. The maximum absolute atomic E-state index is 11.8. The van der Waals surface area contributed by atoms with Crippen molar-refractivity contribution in [1.82, 2.24) is 5.43 Å². The van der Waals surface area contributed by atoms with E-state index in [2.05, 4.69) is 31.8 Å². The number of rotatable bonds is 5. The predicted octanol–water partition coefficient (Wildman–Crippen LogP) is 3.94. The lowest BCUT2D eigenvalue weighted by atomic mass is 10.1. The number of aryl methyl sites for hydroxylation is 2. The van der Waals surface area contributed by atoms with E-state index in [0.717, 1.165) is 15.7 Å². The second kappa shape index (κ2) is 8.48. The SMILES string of the molecule is Cc1ccc(NCC(=O)N/N=C\c2cc(Br)cc(I)c2O)cc1C. The summed E-state index contributed by atoms with van der Waals surface area (Å²) in [6.07, 6.45) is 1.41. The van der Waals surface area contributed by atoms with Gasteiger partial charge < -0.3 is 10.4 Å². The fourth-order valence-electron chi connectivity index (χ4n) is 1.93. The minimum absolute atomic E-state index is 0.113. The number of benzene rings is 2. The Bertz CT molecular complexity index is 794. The van der Waals surface area contributed by atoms with E-state index >= 15 is 0 Å². The molecule has 0 unspecified atom stereocenters. The number of nitrogens with zero attached hydrogens (tertiary/aromatic N) is 1. The summed E-state index contributed by atoms with van der Waals surface area (Å²) < 4.78 is 1.53. The Morgan fingerprint density at radius 1 is 1.29 bits per heavy atom. The number of hydrazone groups is 1. The highest BCUT2D eigenvalue weighted by Gasteiger charge is 2.06. The van der Waals surface area contributed by atoms with Crippen LogP contribution >= 0.6 is 38.5 Å². The van der Waals surface area contributed by atoms with Crippen LogP contribution in [-0.4, -0.2) is 23.8 Å². The molecule has 0 bridgehead atoms. The average molecular weight is 502 g/mol. The van der Waals surface area contributed by atoms with E-state index in [9.17, 15) is 9.90 Å². The van der Waals surface area contributed by atoms with Gasteiger partial charge in [-0.1, -0.05) is 22.0 Å². The van der Waals surface area contributed by atoms with E-state index in [0.29, 0.717) is 9.13 Å². The van der Waals surface area contributed by atoms with Crippen molar-refractivity contribution in [2.24, 2.45) is 5.10 Å².